The van der Waals surface area contributed by atoms with E-state index in [0.717, 1.165) is 11.0 Å². The Morgan fingerprint density at radius 1 is 1.11 bits per heavy atom. The second-order valence-corrected chi connectivity index (χ2v) is 6.16. The molecule has 1 saturated heterocycles. The number of nitrogens with one attached hydrogen (secondary N) is 3. The zero-order chi connectivity index (χ0) is 18.8. The molecule has 0 radical (unpaired) electrons. The molecule has 4 rings (SSSR count). The molecule has 0 aliphatic carbocycles. The maximum Gasteiger partial charge on any atom is 0.328 e. The first kappa shape index (κ1) is 16.8. The molecule has 2 heterocycles. The summed E-state index contributed by atoms with van der Waals surface area (Å²) < 4.78 is 0. The van der Waals surface area contributed by atoms with Crippen molar-refractivity contribution in [1.29, 1.82) is 0 Å². The molecule has 1 aromatic heterocycles. The van der Waals surface area contributed by atoms with Crippen LogP contribution in [0.1, 0.15) is 22.6 Å². The number of benzene rings is 2. The normalized spacial score (nSPS) is 14.3. The van der Waals surface area contributed by atoms with Gasteiger partial charge in [0.2, 0.25) is 5.91 Å². The number of carbonyl (C=O) groups excluding carboxylic acids is 3. The van der Waals surface area contributed by atoms with Gasteiger partial charge in [-0.1, -0.05) is 24.3 Å². The van der Waals surface area contributed by atoms with Crippen LogP contribution in [0.4, 0.5) is 10.5 Å². The number of aromatic nitrogens is 2. The summed E-state index contributed by atoms with van der Waals surface area (Å²) in [5, 5.41) is 5.09. The predicted molar refractivity (Wildman–Crippen MR) is 99.2 cm³/mol. The number of nitrogens with zero attached hydrogens (tertiary/aromatic N) is 2. The maximum atomic E-state index is 12.7. The molecule has 1 aliphatic rings. The van der Waals surface area contributed by atoms with Crippen LogP contribution in [-0.2, 0) is 11.3 Å². The highest BCUT2D eigenvalue weighted by Crippen LogP contribution is 2.22. The predicted octanol–water partition coefficient (Wildman–Crippen LogP) is 1.94. The number of imide groups is 1. The number of carbonyl (C=O) groups is 3. The van der Waals surface area contributed by atoms with Crippen LogP contribution in [0.15, 0.2) is 48.5 Å². The lowest BCUT2D eigenvalue weighted by atomic mass is 10.1. The summed E-state index contributed by atoms with van der Waals surface area (Å²) in [5.41, 5.74) is 2.55. The van der Waals surface area contributed by atoms with Gasteiger partial charge in [0.05, 0.1) is 28.8 Å². The Morgan fingerprint density at radius 3 is 2.70 bits per heavy atom. The van der Waals surface area contributed by atoms with Crippen LogP contribution in [0, 0.1) is 0 Å². The molecular weight excluding hydrogens is 346 g/mol. The van der Waals surface area contributed by atoms with Crippen molar-refractivity contribution < 1.29 is 14.4 Å². The zero-order valence-electron chi connectivity index (χ0n) is 14.4. The Balaban J connectivity index is 1.52. The Kier molecular flexibility index (Phi) is 4.29. The molecule has 0 unspecified atom stereocenters. The van der Waals surface area contributed by atoms with E-state index in [4.69, 9.17) is 0 Å². The van der Waals surface area contributed by atoms with Gasteiger partial charge in [-0.2, -0.15) is 0 Å². The van der Waals surface area contributed by atoms with E-state index in [1.807, 2.05) is 24.3 Å². The second-order valence-electron chi connectivity index (χ2n) is 6.16. The summed E-state index contributed by atoms with van der Waals surface area (Å²) >= 11 is 0. The van der Waals surface area contributed by atoms with Crippen molar-refractivity contribution in [3.63, 3.8) is 0 Å². The van der Waals surface area contributed by atoms with Crippen molar-refractivity contribution in [3.05, 3.63) is 59.9 Å². The molecular formula is C19H17N5O3. The lowest BCUT2D eigenvalue weighted by Crippen LogP contribution is -2.50. The molecule has 3 aromatic rings. The van der Waals surface area contributed by atoms with Gasteiger partial charge in [-0.3, -0.25) is 19.8 Å². The van der Waals surface area contributed by atoms with Crippen molar-refractivity contribution in [3.8, 4) is 0 Å². The third kappa shape index (κ3) is 3.37. The first-order valence-electron chi connectivity index (χ1n) is 8.54. The first-order valence-corrected chi connectivity index (χ1v) is 8.54. The fourth-order valence-corrected chi connectivity index (χ4v) is 3.04. The molecule has 0 spiro atoms. The van der Waals surface area contributed by atoms with Crippen molar-refractivity contribution in [2.24, 2.45) is 0 Å². The number of imidazole rings is 1. The number of hydrogen-bond acceptors (Lipinski definition) is 4. The molecule has 1 aliphatic heterocycles. The number of aromatic amines is 1. The monoisotopic (exact) mass is 363 g/mol. The highest BCUT2D eigenvalue weighted by Gasteiger charge is 2.27. The van der Waals surface area contributed by atoms with Crippen molar-refractivity contribution in [2.75, 3.05) is 11.4 Å². The number of rotatable bonds is 4. The average molecular weight is 363 g/mol. The third-order valence-electron chi connectivity index (χ3n) is 4.35. The summed E-state index contributed by atoms with van der Waals surface area (Å²) in [7, 11) is 0. The molecule has 0 bridgehead atoms. The molecule has 0 atom stereocenters. The minimum absolute atomic E-state index is 0.195. The number of urea groups is 1. The number of H-pyrrole nitrogens is 1. The quantitative estimate of drug-likeness (QED) is 0.658. The average Bonchev–Trinajstić information content (AvgIpc) is 3.09. The molecule has 8 nitrogen and oxygen atoms in total. The number of hydrogen-bond donors (Lipinski definition) is 3. The molecule has 1 fully saturated rings. The van der Waals surface area contributed by atoms with E-state index in [1.54, 1.807) is 24.3 Å². The van der Waals surface area contributed by atoms with E-state index in [2.05, 4.69) is 20.6 Å². The Bertz CT molecular complexity index is 1010. The molecule has 0 saturated carbocycles. The lowest BCUT2D eigenvalue weighted by Gasteiger charge is -2.28. The zero-order valence-corrected chi connectivity index (χ0v) is 14.4. The molecule has 27 heavy (non-hydrogen) atoms. The Labute approximate surface area is 154 Å². The van der Waals surface area contributed by atoms with Gasteiger partial charge in [-0.15, -0.1) is 0 Å². The fraction of sp³-hybridized carbons (Fsp3) is 0.158. The van der Waals surface area contributed by atoms with Gasteiger partial charge in [-0.25, -0.2) is 9.78 Å². The van der Waals surface area contributed by atoms with Gasteiger partial charge in [0.25, 0.3) is 5.91 Å². The molecule has 4 amide bonds. The van der Waals surface area contributed by atoms with E-state index in [0.29, 0.717) is 17.1 Å². The summed E-state index contributed by atoms with van der Waals surface area (Å²) in [4.78, 5) is 45.1. The number of amides is 4. The van der Waals surface area contributed by atoms with Crippen LogP contribution in [0.25, 0.3) is 11.0 Å². The van der Waals surface area contributed by atoms with E-state index >= 15 is 0 Å². The van der Waals surface area contributed by atoms with E-state index < -0.39 is 6.03 Å². The van der Waals surface area contributed by atoms with Crippen molar-refractivity contribution >= 4 is 34.6 Å². The van der Waals surface area contributed by atoms with Gasteiger partial charge >= 0.3 is 6.03 Å². The van der Waals surface area contributed by atoms with Crippen LogP contribution >= 0.6 is 0 Å². The highest BCUT2D eigenvalue weighted by molar-refractivity contribution is 6.09. The number of fused-ring (bicyclic) bond motifs is 1. The molecule has 2 aromatic carbocycles. The molecule has 3 N–H and O–H groups in total. The molecule has 136 valence electrons. The van der Waals surface area contributed by atoms with Gasteiger partial charge in [0.1, 0.15) is 5.82 Å². The Morgan fingerprint density at radius 2 is 1.89 bits per heavy atom. The van der Waals surface area contributed by atoms with Gasteiger partial charge in [0.15, 0.2) is 0 Å². The summed E-state index contributed by atoms with van der Waals surface area (Å²) in [6.45, 7) is 0.463. The minimum Gasteiger partial charge on any atom is -0.345 e. The van der Waals surface area contributed by atoms with E-state index in [-0.39, 0.29) is 31.3 Å². The van der Waals surface area contributed by atoms with Crippen LogP contribution in [0.5, 0.6) is 0 Å². The smallest absolute Gasteiger partial charge is 0.328 e. The standard InChI is InChI=1S/C19H17N5O3/c25-17-9-10-24(19(27)23-17)15-8-4-1-5-12(15)18(26)20-11-16-21-13-6-2-3-7-14(13)22-16/h1-8H,9-11H2,(H,20,26)(H,21,22)(H,23,25,27). The SMILES string of the molecule is O=C1CCN(c2ccccc2C(=O)NCc2nc3ccccc3[nH]2)C(=O)N1. The van der Waals surface area contributed by atoms with Gasteiger partial charge < -0.3 is 10.3 Å². The van der Waals surface area contributed by atoms with Crippen LogP contribution in [0.3, 0.4) is 0 Å². The summed E-state index contributed by atoms with van der Waals surface area (Å²) in [6.07, 6.45) is 0.195. The van der Waals surface area contributed by atoms with Crippen molar-refractivity contribution in [1.82, 2.24) is 20.6 Å². The van der Waals surface area contributed by atoms with E-state index in [1.165, 1.54) is 4.90 Å². The molecule has 8 heteroatoms. The minimum atomic E-state index is -0.524. The number of para-hydroxylation sites is 3. The van der Waals surface area contributed by atoms with Crippen LogP contribution in [0.2, 0.25) is 0 Å². The van der Waals surface area contributed by atoms with Crippen LogP contribution < -0.4 is 15.5 Å². The second kappa shape index (κ2) is 6.91. The highest BCUT2D eigenvalue weighted by atomic mass is 16.2. The topological polar surface area (TPSA) is 107 Å². The van der Waals surface area contributed by atoms with Crippen molar-refractivity contribution in [2.45, 2.75) is 13.0 Å². The summed E-state index contributed by atoms with van der Waals surface area (Å²) in [6, 6.07) is 13.9. The lowest BCUT2D eigenvalue weighted by molar-refractivity contribution is -0.120. The first-order chi connectivity index (χ1) is 13.1. The summed E-state index contributed by atoms with van der Waals surface area (Å²) in [5.74, 6) is 0.00201. The number of anilines is 1. The maximum absolute atomic E-state index is 12.7. The van der Waals surface area contributed by atoms with Gasteiger partial charge in [-0.05, 0) is 24.3 Å². The third-order valence-corrected chi connectivity index (χ3v) is 4.35. The fourth-order valence-electron chi connectivity index (χ4n) is 3.04. The van der Waals surface area contributed by atoms with E-state index in [9.17, 15) is 14.4 Å². The largest absolute Gasteiger partial charge is 0.345 e. The van der Waals surface area contributed by atoms with Gasteiger partial charge in [0, 0.05) is 13.0 Å². The van der Waals surface area contributed by atoms with Crippen LogP contribution in [-0.4, -0.2) is 34.4 Å². The Hall–Kier alpha value is -3.68.